The first kappa shape index (κ1) is 11.5. The molecule has 0 unspecified atom stereocenters. The molecule has 2 aromatic heterocycles. The Morgan fingerprint density at radius 2 is 2.18 bits per heavy atom. The van der Waals surface area contributed by atoms with Crippen LogP contribution in [0.3, 0.4) is 0 Å². The van der Waals surface area contributed by atoms with E-state index in [1.165, 1.54) is 11.8 Å². The lowest BCUT2D eigenvalue weighted by Crippen LogP contribution is -2.04. The lowest BCUT2D eigenvalue weighted by Gasteiger charge is -2.01. The molecule has 2 aromatic rings. The zero-order valence-electron chi connectivity index (χ0n) is 8.96. The zero-order valence-corrected chi connectivity index (χ0v) is 9.78. The highest BCUT2D eigenvalue weighted by Crippen LogP contribution is 2.17. The Kier molecular flexibility index (Phi) is 3.66. The minimum atomic E-state index is -0.940. The topological polar surface area (TPSA) is 75.1 Å². The van der Waals surface area contributed by atoms with Gasteiger partial charge in [0, 0.05) is 18.9 Å². The summed E-state index contributed by atoms with van der Waals surface area (Å²) >= 11 is 1.14. The molecule has 0 radical (unpaired) electrons. The second-order valence-corrected chi connectivity index (χ2v) is 4.40. The molecule has 0 aliphatic rings. The van der Waals surface area contributed by atoms with E-state index in [-0.39, 0.29) is 4.88 Å². The molecule has 0 aliphatic carbocycles. The molecule has 2 rings (SSSR count). The Balaban J connectivity index is 1.84. The molecule has 0 aromatic carbocycles. The molecule has 0 aliphatic heterocycles. The second kappa shape index (κ2) is 5.40. The monoisotopic (exact) mass is 249 g/mol. The van der Waals surface area contributed by atoms with Crippen molar-refractivity contribution in [2.75, 3.05) is 11.9 Å². The van der Waals surface area contributed by atoms with Gasteiger partial charge in [0.1, 0.15) is 4.88 Å². The fraction of sp³-hybridized carbons (Fsp3) is 0.182. The van der Waals surface area contributed by atoms with Gasteiger partial charge in [-0.3, -0.25) is 4.98 Å². The Morgan fingerprint density at radius 3 is 2.82 bits per heavy atom. The van der Waals surface area contributed by atoms with Gasteiger partial charge in [0.15, 0.2) is 5.13 Å². The number of aromatic carboxylic acids is 1. The predicted molar refractivity (Wildman–Crippen MR) is 65.5 cm³/mol. The average molecular weight is 249 g/mol. The smallest absolute Gasteiger partial charge is 0.347 e. The fourth-order valence-electron chi connectivity index (χ4n) is 1.32. The van der Waals surface area contributed by atoms with E-state index in [2.05, 4.69) is 15.3 Å². The van der Waals surface area contributed by atoms with Gasteiger partial charge >= 0.3 is 5.97 Å². The van der Waals surface area contributed by atoms with E-state index in [0.717, 1.165) is 24.3 Å². The van der Waals surface area contributed by atoms with Crippen molar-refractivity contribution in [3.05, 3.63) is 41.2 Å². The summed E-state index contributed by atoms with van der Waals surface area (Å²) in [4.78, 5) is 18.8. The van der Waals surface area contributed by atoms with Gasteiger partial charge in [-0.1, -0.05) is 11.3 Å². The number of thiazole rings is 1. The highest BCUT2D eigenvalue weighted by molar-refractivity contribution is 7.17. The SMILES string of the molecule is O=C(O)c1cnc(NCCc2ccncc2)s1. The number of nitrogens with one attached hydrogen (secondary N) is 1. The van der Waals surface area contributed by atoms with Crippen LogP contribution in [0.2, 0.25) is 0 Å². The minimum absolute atomic E-state index is 0.247. The molecule has 0 bridgehead atoms. The van der Waals surface area contributed by atoms with Gasteiger partial charge in [-0.15, -0.1) is 0 Å². The van der Waals surface area contributed by atoms with Crippen LogP contribution in [-0.2, 0) is 6.42 Å². The van der Waals surface area contributed by atoms with Gasteiger partial charge in [-0.2, -0.15) is 0 Å². The van der Waals surface area contributed by atoms with Crippen molar-refractivity contribution in [1.29, 1.82) is 0 Å². The first-order valence-corrected chi connectivity index (χ1v) is 5.89. The summed E-state index contributed by atoms with van der Waals surface area (Å²) < 4.78 is 0. The molecule has 0 saturated heterocycles. The number of carboxylic acids is 1. The first-order valence-electron chi connectivity index (χ1n) is 5.07. The van der Waals surface area contributed by atoms with Crippen molar-refractivity contribution in [2.45, 2.75) is 6.42 Å². The largest absolute Gasteiger partial charge is 0.477 e. The Labute approximate surface area is 102 Å². The van der Waals surface area contributed by atoms with Crippen LogP contribution in [0.1, 0.15) is 15.2 Å². The van der Waals surface area contributed by atoms with E-state index in [1.54, 1.807) is 12.4 Å². The van der Waals surface area contributed by atoms with Crippen molar-refractivity contribution in [3.63, 3.8) is 0 Å². The number of carboxylic acid groups (broad SMARTS) is 1. The molecule has 5 nitrogen and oxygen atoms in total. The highest BCUT2D eigenvalue weighted by atomic mass is 32.1. The second-order valence-electron chi connectivity index (χ2n) is 3.37. The molecule has 2 heterocycles. The van der Waals surface area contributed by atoms with E-state index in [4.69, 9.17) is 5.11 Å². The molecule has 2 N–H and O–H groups in total. The van der Waals surface area contributed by atoms with Gasteiger partial charge in [0.05, 0.1) is 6.20 Å². The summed E-state index contributed by atoms with van der Waals surface area (Å²) in [5, 5.41) is 12.5. The first-order chi connectivity index (χ1) is 8.25. The van der Waals surface area contributed by atoms with Crippen LogP contribution in [0.25, 0.3) is 0 Å². The highest BCUT2D eigenvalue weighted by Gasteiger charge is 2.07. The number of hydrogen-bond donors (Lipinski definition) is 2. The van der Waals surface area contributed by atoms with Crippen LogP contribution >= 0.6 is 11.3 Å². The molecule has 6 heteroatoms. The Bertz CT molecular complexity index is 498. The summed E-state index contributed by atoms with van der Waals surface area (Å²) in [5.74, 6) is -0.940. The molecule has 17 heavy (non-hydrogen) atoms. The number of carbonyl (C=O) groups is 1. The summed E-state index contributed by atoms with van der Waals surface area (Å²) in [6.07, 6.45) is 5.72. The average Bonchev–Trinajstić information content (AvgIpc) is 2.79. The van der Waals surface area contributed by atoms with E-state index in [9.17, 15) is 4.79 Å². The fourth-order valence-corrected chi connectivity index (χ4v) is 2.00. The molecule has 0 amide bonds. The van der Waals surface area contributed by atoms with Crippen LogP contribution in [0.15, 0.2) is 30.7 Å². The molecule has 0 atom stereocenters. The number of rotatable bonds is 5. The van der Waals surface area contributed by atoms with Crippen molar-refractivity contribution >= 4 is 22.4 Å². The number of hydrogen-bond acceptors (Lipinski definition) is 5. The third-order valence-electron chi connectivity index (χ3n) is 2.16. The third kappa shape index (κ3) is 3.25. The van der Waals surface area contributed by atoms with E-state index < -0.39 is 5.97 Å². The normalized spacial score (nSPS) is 10.1. The molecule has 0 saturated carbocycles. The summed E-state index contributed by atoms with van der Waals surface area (Å²) in [6.45, 7) is 0.719. The molecule has 0 fully saturated rings. The molecular weight excluding hydrogens is 238 g/mol. The number of aromatic nitrogens is 2. The summed E-state index contributed by atoms with van der Waals surface area (Å²) in [7, 11) is 0. The van der Waals surface area contributed by atoms with E-state index in [0.29, 0.717) is 5.13 Å². The van der Waals surface area contributed by atoms with Gasteiger partial charge < -0.3 is 10.4 Å². The van der Waals surface area contributed by atoms with Crippen LogP contribution in [0.5, 0.6) is 0 Å². The van der Waals surface area contributed by atoms with Crippen LogP contribution in [0, 0.1) is 0 Å². The Morgan fingerprint density at radius 1 is 1.41 bits per heavy atom. The predicted octanol–water partition coefficient (Wildman–Crippen LogP) is 1.89. The van der Waals surface area contributed by atoms with Gasteiger partial charge in [0.2, 0.25) is 0 Å². The van der Waals surface area contributed by atoms with Gasteiger partial charge in [-0.05, 0) is 24.1 Å². The number of anilines is 1. The lowest BCUT2D eigenvalue weighted by atomic mass is 10.2. The minimum Gasteiger partial charge on any atom is -0.477 e. The molecule has 0 spiro atoms. The maximum Gasteiger partial charge on any atom is 0.347 e. The van der Waals surface area contributed by atoms with E-state index >= 15 is 0 Å². The summed E-state index contributed by atoms with van der Waals surface area (Å²) in [6, 6.07) is 3.90. The van der Waals surface area contributed by atoms with Crippen molar-refractivity contribution in [2.24, 2.45) is 0 Å². The number of pyridine rings is 1. The standard InChI is InChI=1S/C11H11N3O2S/c15-10(16)9-7-14-11(17-9)13-6-3-8-1-4-12-5-2-8/h1-2,4-5,7H,3,6H2,(H,13,14)(H,15,16). The van der Waals surface area contributed by atoms with Crippen molar-refractivity contribution < 1.29 is 9.90 Å². The third-order valence-corrected chi connectivity index (χ3v) is 3.10. The quantitative estimate of drug-likeness (QED) is 0.846. The van der Waals surface area contributed by atoms with Gasteiger partial charge in [-0.25, -0.2) is 9.78 Å². The summed E-state index contributed by atoms with van der Waals surface area (Å²) in [5.41, 5.74) is 1.18. The maximum atomic E-state index is 10.6. The van der Waals surface area contributed by atoms with Gasteiger partial charge in [0.25, 0.3) is 0 Å². The van der Waals surface area contributed by atoms with Crippen LogP contribution in [-0.4, -0.2) is 27.6 Å². The molecule has 88 valence electrons. The van der Waals surface area contributed by atoms with Crippen molar-refractivity contribution in [3.8, 4) is 0 Å². The van der Waals surface area contributed by atoms with Crippen LogP contribution < -0.4 is 5.32 Å². The molecular formula is C11H11N3O2S. The zero-order chi connectivity index (χ0) is 12.1. The lowest BCUT2D eigenvalue weighted by molar-refractivity contribution is 0.0702. The van der Waals surface area contributed by atoms with Crippen LogP contribution in [0.4, 0.5) is 5.13 Å². The Hall–Kier alpha value is -1.95. The number of nitrogens with zero attached hydrogens (tertiary/aromatic N) is 2. The van der Waals surface area contributed by atoms with E-state index in [1.807, 2.05) is 12.1 Å². The van der Waals surface area contributed by atoms with Crippen molar-refractivity contribution in [1.82, 2.24) is 9.97 Å². The maximum absolute atomic E-state index is 10.6.